The third kappa shape index (κ3) is 4.63. The predicted molar refractivity (Wildman–Crippen MR) is 82.2 cm³/mol. The van der Waals surface area contributed by atoms with Gasteiger partial charge in [0.1, 0.15) is 6.54 Å². The van der Waals surface area contributed by atoms with Crippen LogP contribution in [0.5, 0.6) is 11.5 Å². The number of imide groups is 1. The largest absolute Gasteiger partial charge is 0.493 e. The number of carbonyl (C=O) groups is 2. The van der Waals surface area contributed by atoms with Crippen molar-refractivity contribution in [2.45, 2.75) is 19.5 Å². The Morgan fingerprint density at radius 2 is 1.86 bits per heavy atom. The molecule has 0 fully saturated rings. The number of quaternary nitrogens is 1. The summed E-state index contributed by atoms with van der Waals surface area (Å²) in [5.74, 6) is 0.988. The summed E-state index contributed by atoms with van der Waals surface area (Å²) in [6, 6.07) is 4.76. The van der Waals surface area contributed by atoms with Crippen LogP contribution in [-0.2, 0) is 11.3 Å². The zero-order valence-corrected chi connectivity index (χ0v) is 13.6. The van der Waals surface area contributed by atoms with Gasteiger partial charge in [0.2, 0.25) is 0 Å². The second-order valence-corrected chi connectivity index (χ2v) is 5.00. The third-order valence-corrected chi connectivity index (χ3v) is 3.53. The van der Waals surface area contributed by atoms with Crippen molar-refractivity contribution in [3.8, 4) is 11.5 Å². The van der Waals surface area contributed by atoms with Gasteiger partial charge in [-0.3, -0.25) is 10.1 Å². The van der Waals surface area contributed by atoms with Crippen molar-refractivity contribution in [3.05, 3.63) is 23.8 Å². The minimum atomic E-state index is -0.504. The molecule has 0 aromatic heterocycles. The minimum Gasteiger partial charge on any atom is -0.493 e. The molecule has 0 aliphatic carbocycles. The Bertz CT molecular complexity index is 534. The summed E-state index contributed by atoms with van der Waals surface area (Å²) in [4.78, 5) is 24.1. The fourth-order valence-corrected chi connectivity index (χ4v) is 1.97. The summed E-state index contributed by atoms with van der Waals surface area (Å²) in [6.45, 7) is 2.39. The van der Waals surface area contributed by atoms with Crippen molar-refractivity contribution in [3.63, 3.8) is 0 Å². The molecular weight excluding hydrogens is 286 g/mol. The lowest BCUT2D eigenvalue weighted by Crippen LogP contribution is -3.12. The minimum absolute atomic E-state index is 0.322. The first kappa shape index (κ1) is 17.8. The zero-order chi connectivity index (χ0) is 16.7. The zero-order valence-electron chi connectivity index (χ0n) is 13.6. The molecular formula is C15H24N3O4+. The highest BCUT2D eigenvalue weighted by Gasteiger charge is 2.23. The first-order valence-corrected chi connectivity index (χ1v) is 6.98. The Hall–Kier alpha value is -2.28. The van der Waals surface area contributed by atoms with E-state index in [-0.39, 0.29) is 11.9 Å². The van der Waals surface area contributed by atoms with Crippen molar-refractivity contribution >= 4 is 11.9 Å². The Kier molecular flexibility index (Phi) is 6.65. The second-order valence-electron chi connectivity index (χ2n) is 5.00. The van der Waals surface area contributed by atoms with E-state index >= 15 is 0 Å². The number of rotatable bonds is 6. The molecule has 1 aromatic rings. The molecule has 0 aliphatic heterocycles. The van der Waals surface area contributed by atoms with E-state index in [0.29, 0.717) is 18.0 Å². The van der Waals surface area contributed by atoms with Crippen LogP contribution in [0.2, 0.25) is 0 Å². The molecule has 0 aliphatic rings. The first-order valence-electron chi connectivity index (χ1n) is 6.98. The number of nitrogens with one attached hydrogen (secondary N) is 3. The fraction of sp³-hybridized carbons (Fsp3) is 0.467. The lowest BCUT2D eigenvalue weighted by atomic mass is 10.1. The molecule has 0 spiro atoms. The number of urea groups is 1. The van der Waals surface area contributed by atoms with Crippen molar-refractivity contribution in [1.29, 1.82) is 0 Å². The molecule has 3 amide bonds. The molecule has 1 aromatic carbocycles. The van der Waals surface area contributed by atoms with Crippen LogP contribution in [0.3, 0.4) is 0 Å². The topological polar surface area (TPSA) is 81.1 Å². The van der Waals surface area contributed by atoms with Gasteiger partial charge >= 0.3 is 6.03 Å². The normalized spacial score (nSPS) is 13.0. The maximum Gasteiger partial charge on any atom is 0.321 e. The van der Waals surface area contributed by atoms with E-state index < -0.39 is 6.03 Å². The molecule has 0 bridgehead atoms. The van der Waals surface area contributed by atoms with Gasteiger partial charge in [-0.15, -0.1) is 0 Å². The molecule has 1 rings (SSSR count). The second kappa shape index (κ2) is 8.23. The smallest absolute Gasteiger partial charge is 0.321 e. The van der Waals surface area contributed by atoms with Gasteiger partial charge in [-0.2, -0.15) is 0 Å². The van der Waals surface area contributed by atoms with Crippen LogP contribution in [0, 0.1) is 0 Å². The average Bonchev–Trinajstić information content (AvgIpc) is 2.53. The van der Waals surface area contributed by atoms with Crippen LogP contribution < -0.4 is 25.0 Å². The Balaban J connectivity index is 2.73. The fourth-order valence-electron chi connectivity index (χ4n) is 1.97. The van der Waals surface area contributed by atoms with Crippen molar-refractivity contribution < 1.29 is 24.0 Å². The molecule has 0 saturated carbocycles. The summed E-state index contributed by atoms with van der Waals surface area (Å²) < 4.78 is 10.5. The maximum atomic E-state index is 11.9. The lowest BCUT2D eigenvalue weighted by molar-refractivity contribution is -0.908. The van der Waals surface area contributed by atoms with Gasteiger partial charge < -0.3 is 19.7 Å². The third-order valence-electron chi connectivity index (χ3n) is 3.53. The van der Waals surface area contributed by atoms with E-state index in [1.165, 1.54) is 7.05 Å². The summed E-state index contributed by atoms with van der Waals surface area (Å²) in [7, 11) is 6.52. The number of benzene rings is 1. The van der Waals surface area contributed by atoms with E-state index in [1.807, 2.05) is 25.2 Å². The Labute approximate surface area is 130 Å². The molecule has 0 saturated heterocycles. The first-order chi connectivity index (χ1) is 10.4. The number of amides is 3. The number of carbonyl (C=O) groups excluding carboxylic acids is 2. The van der Waals surface area contributed by atoms with E-state index in [2.05, 4.69) is 10.6 Å². The van der Waals surface area contributed by atoms with Gasteiger partial charge in [-0.25, -0.2) is 4.79 Å². The molecule has 7 nitrogen and oxygen atoms in total. The molecule has 1 unspecified atom stereocenters. The van der Waals surface area contributed by atoms with Gasteiger partial charge in [-0.1, -0.05) is 0 Å². The van der Waals surface area contributed by atoms with Gasteiger partial charge in [-0.05, 0) is 25.1 Å². The number of ether oxygens (including phenoxy) is 2. The van der Waals surface area contributed by atoms with Crippen LogP contribution in [-0.4, -0.2) is 46.3 Å². The van der Waals surface area contributed by atoms with E-state index in [0.717, 1.165) is 10.5 Å². The highest BCUT2D eigenvalue weighted by atomic mass is 16.5. The summed E-state index contributed by atoms with van der Waals surface area (Å²) in [5, 5.41) is 4.64. The van der Waals surface area contributed by atoms with E-state index in [9.17, 15) is 9.59 Å². The predicted octanol–water partition coefficient (Wildman–Crippen LogP) is -0.437. The molecule has 3 N–H and O–H groups in total. The van der Waals surface area contributed by atoms with Gasteiger partial charge in [0, 0.05) is 12.6 Å². The van der Waals surface area contributed by atoms with Gasteiger partial charge in [0.15, 0.2) is 17.5 Å². The molecule has 122 valence electrons. The highest BCUT2D eigenvalue weighted by Crippen LogP contribution is 2.27. The summed E-state index contributed by atoms with van der Waals surface area (Å²) in [6.07, 6.45) is 0. The lowest BCUT2D eigenvalue weighted by Gasteiger charge is -2.21. The quantitative estimate of drug-likeness (QED) is 0.665. The molecule has 0 radical (unpaired) electrons. The van der Waals surface area contributed by atoms with Crippen LogP contribution >= 0.6 is 0 Å². The molecule has 7 heteroatoms. The van der Waals surface area contributed by atoms with Gasteiger partial charge in [0.05, 0.1) is 21.3 Å². The number of likely N-dealkylation sites (N-methyl/N-ethyl adjacent to an activating group) is 1. The van der Waals surface area contributed by atoms with Crippen molar-refractivity contribution in [1.82, 2.24) is 10.6 Å². The molecule has 22 heavy (non-hydrogen) atoms. The van der Waals surface area contributed by atoms with Crippen LogP contribution in [0.1, 0.15) is 12.5 Å². The van der Waals surface area contributed by atoms with Crippen molar-refractivity contribution in [2.24, 2.45) is 0 Å². The molecule has 0 heterocycles. The highest BCUT2D eigenvalue weighted by molar-refractivity contribution is 5.96. The van der Waals surface area contributed by atoms with Crippen LogP contribution in [0.4, 0.5) is 4.79 Å². The van der Waals surface area contributed by atoms with Crippen LogP contribution in [0.15, 0.2) is 18.2 Å². The van der Waals surface area contributed by atoms with Crippen molar-refractivity contribution in [2.75, 3.05) is 28.3 Å². The van der Waals surface area contributed by atoms with Crippen LogP contribution in [0.25, 0.3) is 0 Å². The van der Waals surface area contributed by atoms with E-state index in [4.69, 9.17) is 9.47 Å². The van der Waals surface area contributed by atoms with E-state index in [1.54, 1.807) is 21.1 Å². The monoisotopic (exact) mass is 310 g/mol. The SMILES string of the molecule is CNC(=O)NC(=O)[C@@H](C)[NH+](C)Cc1ccc(OC)c(OC)c1. The Morgan fingerprint density at radius 3 is 2.41 bits per heavy atom. The summed E-state index contributed by atoms with van der Waals surface area (Å²) >= 11 is 0. The maximum absolute atomic E-state index is 11.9. The number of methoxy groups -OCH3 is 2. The number of hydrogen-bond donors (Lipinski definition) is 3. The van der Waals surface area contributed by atoms with Gasteiger partial charge in [0.25, 0.3) is 5.91 Å². The summed E-state index contributed by atoms with van der Waals surface area (Å²) in [5.41, 5.74) is 1.01. The molecule has 2 atom stereocenters. The Morgan fingerprint density at radius 1 is 1.23 bits per heavy atom. The number of hydrogen-bond acceptors (Lipinski definition) is 4. The standard InChI is InChI=1S/C15H23N3O4/c1-10(14(19)17-15(20)16-2)18(3)9-11-6-7-12(21-4)13(8-11)22-5/h6-8,10H,9H2,1-5H3,(H2,16,17,19,20)/p+1/t10-/m1/s1. The average molecular weight is 310 g/mol.